The van der Waals surface area contributed by atoms with Crippen molar-refractivity contribution >= 4 is 0 Å². The fourth-order valence-electron chi connectivity index (χ4n) is 2.33. The number of hydrogen-bond donors (Lipinski definition) is 0. The van der Waals surface area contributed by atoms with Crippen LogP contribution in [0.3, 0.4) is 0 Å². The van der Waals surface area contributed by atoms with Crippen LogP contribution in [-0.2, 0) is 0 Å². The molecule has 0 bridgehead atoms. The van der Waals surface area contributed by atoms with Gasteiger partial charge in [-0.05, 0) is 36.4 Å². The van der Waals surface area contributed by atoms with E-state index >= 15 is 0 Å². The van der Waals surface area contributed by atoms with E-state index in [1.54, 1.807) is 36.4 Å². The molecular weight excluding hydrogens is 303 g/mol. The normalized spacial score (nSPS) is 10.7. The summed E-state index contributed by atoms with van der Waals surface area (Å²) in [6, 6.07) is 15.7. The fourth-order valence-corrected chi connectivity index (χ4v) is 2.33. The molecule has 0 N–H and O–H groups in total. The smallest absolute Gasteiger partial charge is 0.231 e. The minimum Gasteiger partial charge on any atom is -0.231 e. The molecule has 0 aliphatic heterocycles. The first-order chi connectivity index (χ1) is 11.1. The van der Waals surface area contributed by atoms with E-state index < -0.39 is 17.9 Å². The summed E-state index contributed by atoms with van der Waals surface area (Å²) < 4.78 is 40.9. The molecule has 1 aromatic heterocycles. The summed E-state index contributed by atoms with van der Waals surface area (Å²) in [4.78, 5) is 0. The third-order valence-corrected chi connectivity index (χ3v) is 3.35. The van der Waals surface area contributed by atoms with Gasteiger partial charge in [-0.1, -0.05) is 18.2 Å². The Hall–Kier alpha value is -3.07. The van der Waals surface area contributed by atoms with E-state index in [0.29, 0.717) is 11.3 Å². The number of benzene rings is 2. The zero-order valence-corrected chi connectivity index (χ0v) is 11.7. The number of nitrogens with zero attached hydrogens (tertiary/aromatic N) is 3. The van der Waals surface area contributed by atoms with Gasteiger partial charge in [0.15, 0.2) is 0 Å². The molecule has 0 atom stereocenters. The van der Waals surface area contributed by atoms with Gasteiger partial charge >= 0.3 is 0 Å². The van der Waals surface area contributed by atoms with Crippen molar-refractivity contribution < 1.29 is 13.2 Å². The van der Waals surface area contributed by atoms with Crippen molar-refractivity contribution in [2.24, 2.45) is 0 Å². The third kappa shape index (κ3) is 2.69. The van der Waals surface area contributed by atoms with Crippen molar-refractivity contribution in [1.29, 1.82) is 5.26 Å². The Labute approximate surface area is 130 Å². The van der Waals surface area contributed by atoms with Crippen LogP contribution >= 0.6 is 0 Å². The summed E-state index contributed by atoms with van der Waals surface area (Å²) in [6.45, 7) is 0. The molecule has 2 aromatic carbocycles. The van der Waals surface area contributed by atoms with Gasteiger partial charge in [-0.15, -0.1) is 0 Å². The Bertz CT molecular complexity index is 863. The van der Waals surface area contributed by atoms with Crippen LogP contribution in [0.1, 0.15) is 17.7 Å². The molecule has 23 heavy (non-hydrogen) atoms. The lowest BCUT2D eigenvalue weighted by molar-refractivity contribution is 0.145. The molecule has 0 unspecified atom stereocenters. The lowest BCUT2D eigenvalue weighted by atomic mass is 10.1. The van der Waals surface area contributed by atoms with Gasteiger partial charge in [0, 0.05) is 5.56 Å². The van der Waals surface area contributed by atoms with E-state index in [0.717, 1.165) is 0 Å². The van der Waals surface area contributed by atoms with E-state index in [2.05, 4.69) is 5.10 Å². The molecule has 114 valence electrons. The van der Waals surface area contributed by atoms with Gasteiger partial charge in [0.2, 0.25) is 0 Å². The Kier molecular flexibility index (Phi) is 3.85. The molecular formula is C17H10F3N3. The SMILES string of the molecule is N#Cc1c(C(F)F)nn(-c2ccccc2)c1-c1ccc(F)cc1. The van der Waals surface area contributed by atoms with Crippen LogP contribution in [0.5, 0.6) is 0 Å². The second kappa shape index (κ2) is 5.97. The third-order valence-electron chi connectivity index (χ3n) is 3.35. The molecule has 0 fully saturated rings. The molecule has 3 rings (SSSR count). The van der Waals surface area contributed by atoms with Gasteiger partial charge in [0.05, 0.1) is 11.4 Å². The summed E-state index contributed by atoms with van der Waals surface area (Å²) in [7, 11) is 0. The van der Waals surface area contributed by atoms with E-state index in [9.17, 15) is 18.4 Å². The molecule has 0 radical (unpaired) electrons. The minimum atomic E-state index is -2.88. The predicted molar refractivity (Wildman–Crippen MR) is 78.6 cm³/mol. The quantitative estimate of drug-likeness (QED) is 0.715. The topological polar surface area (TPSA) is 41.6 Å². The van der Waals surface area contributed by atoms with Crippen molar-refractivity contribution in [2.45, 2.75) is 6.43 Å². The average molecular weight is 313 g/mol. The highest BCUT2D eigenvalue weighted by Crippen LogP contribution is 2.33. The fraction of sp³-hybridized carbons (Fsp3) is 0.0588. The number of para-hydroxylation sites is 1. The van der Waals surface area contributed by atoms with E-state index in [4.69, 9.17) is 0 Å². The van der Waals surface area contributed by atoms with Crippen molar-refractivity contribution in [3.63, 3.8) is 0 Å². The minimum absolute atomic E-state index is 0.213. The maximum absolute atomic E-state index is 13.2. The molecule has 0 spiro atoms. The van der Waals surface area contributed by atoms with E-state index in [1.165, 1.54) is 28.9 Å². The van der Waals surface area contributed by atoms with E-state index in [1.807, 2.05) is 0 Å². The zero-order chi connectivity index (χ0) is 16.4. The van der Waals surface area contributed by atoms with Crippen LogP contribution < -0.4 is 0 Å². The largest absolute Gasteiger partial charge is 0.283 e. The number of halogens is 3. The van der Waals surface area contributed by atoms with Gasteiger partial charge in [-0.25, -0.2) is 17.9 Å². The molecule has 3 aromatic rings. The highest BCUT2D eigenvalue weighted by molar-refractivity contribution is 5.70. The van der Waals surface area contributed by atoms with Crippen molar-refractivity contribution in [2.75, 3.05) is 0 Å². The van der Waals surface area contributed by atoms with Crippen molar-refractivity contribution in [3.8, 4) is 23.0 Å². The summed E-state index contributed by atoms with van der Waals surface area (Å²) in [5.74, 6) is -0.452. The van der Waals surface area contributed by atoms with Crippen LogP contribution in [0.25, 0.3) is 16.9 Å². The summed E-state index contributed by atoms with van der Waals surface area (Å²) in [5, 5.41) is 13.2. The van der Waals surface area contributed by atoms with Gasteiger partial charge in [-0.2, -0.15) is 10.4 Å². The lowest BCUT2D eigenvalue weighted by Crippen LogP contribution is -1.99. The van der Waals surface area contributed by atoms with Crippen molar-refractivity contribution in [1.82, 2.24) is 9.78 Å². The number of nitriles is 1. The molecule has 0 aliphatic rings. The molecule has 0 aliphatic carbocycles. The Morgan fingerprint density at radius 3 is 2.22 bits per heavy atom. The van der Waals surface area contributed by atoms with Crippen LogP contribution in [0.15, 0.2) is 54.6 Å². The van der Waals surface area contributed by atoms with Gasteiger partial charge in [0.25, 0.3) is 6.43 Å². The van der Waals surface area contributed by atoms with E-state index in [-0.39, 0.29) is 11.3 Å². The molecule has 1 heterocycles. The van der Waals surface area contributed by atoms with Gasteiger partial charge in [-0.3, -0.25) is 0 Å². The number of rotatable bonds is 3. The molecule has 0 saturated carbocycles. The summed E-state index contributed by atoms with van der Waals surface area (Å²) in [5.41, 5.74) is 0.390. The van der Waals surface area contributed by atoms with Crippen LogP contribution in [0.4, 0.5) is 13.2 Å². The monoisotopic (exact) mass is 313 g/mol. The molecule has 0 saturated heterocycles. The maximum Gasteiger partial charge on any atom is 0.283 e. The first-order valence-corrected chi connectivity index (χ1v) is 6.74. The predicted octanol–water partition coefficient (Wildman–Crippen LogP) is 4.49. The van der Waals surface area contributed by atoms with Crippen molar-refractivity contribution in [3.05, 3.63) is 71.7 Å². The zero-order valence-electron chi connectivity index (χ0n) is 11.7. The van der Waals surface area contributed by atoms with Crippen LogP contribution in [-0.4, -0.2) is 9.78 Å². The summed E-state index contributed by atoms with van der Waals surface area (Å²) >= 11 is 0. The molecule has 3 nitrogen and oxygen atoms in total. The Balaban J connectivity index is 2.31. The molecule has 0 amide bonds. The first kappa shape index (κ1) is 14.9. The van der Waals surface area contributed by atoms with Gasteiger partial charge < -0.3 is 0 Å². The average Bonchev–Trinajstić information content (AvgIpc) is 2.96. The number of hydrogen-bond acceptors (Lipinski definition) is 2. The second-order valence-electron chi connectivity index (χ2n) is 4.78. The standard InChI is InChI=1S/C17H10F3N3/c18-12-8-6-11(7-9-12)16-14(10-21)15(17(19)20)22-23(16)13-4-2-1-3-5-13/h1-9,17H. The maximum atomic E-state index is 13.2. The Morgan fingerprint density at radius 2 is 1.65 bits per heavy atom. The number of aromatic nitrogens is 2. The summed E-state index contributed by atoms with van der Waals surface area (Å²) in [6.07, 6.45) is -2.88. The Morgan fingerprint density at radius 1 is 1.00 bits per heavy atom. The lowest BCUT2D eigenvalue weighted by Gasteiger charge is -2.08. The highest BCUT2D eigenvalue weighted by Gasteiger charge is 2.25. The number of alkyl halides is 2. The second-order valence-corrected chi connectivity index (χ2v) is 4.78. The highest BCUT2D eigenvalue weighted by atomic mass is 19.3. The van der Waals surface area contributed by atoms with Gasteiger partial charge in [0.1, 0.15) is 23.1 Å². The molecule has 6 heteroatoms. The van der Waals surface area contributed by atoms with Crippen LogP contribution in [0.2, 0.25) is 0 Å². The first-order valence-electron chi connectivity index (χ1n) is 6.74. The van der Waals surface area contributed by atoms with Crippen LogP contribution in [0, 0.1) is 17.1 Å².